The predicted molar refractivity (Wildman–Crippen MR) is 71.9 cm³/mol. The Morgan fingerprint density at radius 2 is 2.10 bits per heavy atom. The van der Waals surface area contributed by atoms with Crippen LogP contribution in [0.15, 0.2) is 24.5 Å². The predicted octanol–water partition coefficient (Wildman–Crippen LogP) is 2.23. The lowest BCUT2D eigenvalue weighted by Crippen LogP contribution is -2.23. The number of halogens is 3. The Kier molecular flexibility index (Phi) is 4.29. The molecule has 2 N–H and O–H groups in total. The Labute approximate surface area is 119 Å². The van der Waals surface area contributed by atoms with Crippen LogP contribution in [0.2, 0.25) is 0 Å². The van der Waals surface area contributed by atoms with Gasteiger partial charge in [0.15, 0.2) is 5.69 Å². The molecule has 1 atom stereocenters. The molecule has 0 fully saturated rings. The van der Waals surface area contributed by atoms with E-state index in [1.165, 1.54) is 7.05 Å². The second-order valence-electron chi connectivity index (χ2n) is 4.48. The third-order valence-electron chi connectivity index (χ3n) is 2.65. The molecule has 2 aromatic rings. The maximum Gasteiger partial charge on any atom is 0.433 e. The maximum atomic E-state index is 12.8. The highest BCUT2D eigenvalue weighted by atomic mass is 19.4. The Balaban J connectivity index is 2.15. The summed E-state index contributed by atoms with van der Waals surface area (Å²) in [5.41, 5.74) is -0.990. The van der Waals surface area contributed by atoms with Gasteiger partial charge in [0.25, 0.3) is 0 Å². The lowest BCUT2D eigenvalue weighted by atomic mass is 10.3. The molecule has 9 heteroatoms. The van der Waals surface area contributed by atoms with Crippen molar-refractivity contribution >= 4 is 11.8 Å². The molecule has 2 heterocycles. The van der Waals surface area contributed by atoms with Crippen molar-refractivity contribution in [1.29, 1.82) is 0 Å². The standard InChI is InChI=1S/C12H15F3N6/c1-8(7-21-5-3-4-17-21)18-10-6-9(12(13,14)15)19-11(16-2)20-10/h3-6,8H,7H2,1-2H3,(H2,16,18,19,20). The maximum absolute atomic E-state index is 12.8. The molecule has 0 aromatic carbocycles. The molecular formula is C12H15F3N6. The molecule has 21 heavy (non-hydrogen) atoms. The van der Waals surface area contributed by atoms with Gasteiger partial charge in [-0.1, -0.05) is 0 Å². The first-order valence-electron chi connectivity index (χ1n) is 6.26. The zero-order chi connectivity index (χ0) is 15.5. The van der Waals surface area contributed by atoms with Crippen LogP contribution in [0.25, 0.3) is 0 Å². The van der Waals surface area contributed by atoms with Gasteiger partial charge in [-0.15, -0.1) is 0 Å². The highest BCUT2D eigenvalue weighted by Crippen LogP contribution is 2.29. The molecule has 0 aliphatic carbocycles. The molecular weight excluding hydrogens is 285 g/mol. The van der Waals surface area contributed by atoms with Gasteiger partial charge >= 0.3 is 6.18 Å². The number of alkyl halides is 3. The van der Waals surface area contributed by atoms with Crippen LogP contribution < -0.4 is 10.6 Å². The summed E-state index contributed by atoms with van der Waals surface area (Å²) >= 11 is 0. The molecule has 114 valence electrons. The van der Waals surface area contributed by atoms with Gasteiger partial charge in [0.1, 0.15) is 5.82 Å². The van der Waals surface area contributed by atoms with Crippen LogP contribution >= 0.6 is 0 Å². The van der Waals surface area contributed by atoms with Crippen molar-refractivity contribution in [2.24, 2.45) is 0 Å². The molecule has 0 aliphatic rings. The first-order valence-corrected chi connectivity index (χ1v) is 6.26. The van der Waals surface area contributed by atoms with Crippen LogP contribution in [-0.4, -0.2) is 32.8 Å². The number of anilines is 2. The van der Waals surface area contributed by atoms with Gasteiger partial charge in [0, 0.05) is 31.5 Å². The van der Waals surface area contributed by atoms with Gasteiger partial charge in [0.05, 0.1) is 6.54 Å². The molecule has 0 bridgehead atoms. The van der Waals surface area contributed by atoms with Gasteiger partial charge in [-0.25, -0.2) is 4.98 Å². The van der Waals surface area contributed by atoms with Gasteiger partial charge in [-0.05, 0) is 13.0 Å². The lowest BCUT2D eigenvalue weighted by molar-refractivity contribution is -0.141. The number of rotatable bonds is 5. The highest BCUT2D eigenvalue weighted by molar-refractivity contribution is 5.43. The molecule has 0 saturated heterocycles. The zero-order valence-electron chi connectivity index (χ0n) is 11.5. The minimum Gasteiger partial charge on any atom is -0.366 e. The van der Waals surface area contributed by atoms with Crippen molar-refractivity contribution in [3.8, 4) is 0 Å². The third-order valence-corrected chi connectivity index (χ3v) is 2.65. The van der Waals surface area contributed by atoms with Crippen LogP contribution in [0.1, 0.15) is 12.6 Å². The first kappa shape index (κ1) is 15.1. The van der Waals surface area contributed by atoms with Crippen LogP contribution in [0.5, 0.6) is 0 Å². The molecule has 0 aliphatic heterocycles. The molecule has 0 radical (unpaired) electrons. The summed E-state index contributed by atoms with van der Waals surface area (Å²) in [4.78, 5) is 7.37. The van der Waals surface area contributed by atoms with Crippen LogP contribution in [0.3, 0.4) is 0 Å². The topological polar surface area (TPSA) is 67.7 Å². The first-order chi connectivity index (χ1) is 9.88. The van der Waals surface area contributed by atoms with Crippen LogP contribution in [0.4, 0.5) is 24.9 Å². The number of nitrogens with zero attached hydrogens (tertiary/aromatic N) is 4. The van der Waals surface area contributed by atoms with E-state index < -0.39 is 11.9 Å². The summed E-state index contributed by atoms with van der Waals surface area (Å²) in [5.74, 6) is 0.0277. The summed E-state index contributed by atoms with van der Waals surface area (Å²) in [5, 5.41) is 9.47. The molecule has 2 aromatic heterocycles. The summed E-state index contributed by atoms with van der Waals surface area (Å²) in [6.45, 7) is 2.34. The smallest absolute Gasteiger partial charge is 0.366 e. The Hall–Kier alpha value is -2.32. The van der Waals surface area contributed by atoms with E-state index >= 15 is 0 Å². The van der Waals surface area contributed by atoms with Crippen LogP contribution in [-0.2, 0) is 12.7 Å². The minimum atomic E-state index is -4.52. The third kappa shape index (κ3) is 4.07. The van der Waals surface area contributed by atoms with E-state index in [0.29, 0.717) is 6.54 Å². The molecule has 6 nitrogen and oxygen atoms in total. The summed E-state index contributed by atoms with van der Waals surface area (Å²) in [6.07, 6.45) is -1.10. The monoisotopic (exact) mass is 300 g/mol. The average Bonchev–Trinajstić information content (AvgIpc) is 2.89. The fourth-order valence-electron chi connectivity index (χ4n) is 1.77. The Morgan fingerprint density at radius 3 is 2.67 bits per heavy atom. The summed E-state index contributed by atoms with van der Waals surface area (Å²) in [6, 6.07) is 2.52. The van der Waals surface area contributed by atoms with Crippen molar-refractivity contribution in [3.63, 3.8) is 0 Å². The van der Waals surface area contributed by atoms with E-state index in [2.05, 4.69) is 25.7 Å². The molecule has 1 unspecified atom stereocenters. The molecule has 2 rings (SSSR count). The van der Waals surface area contributed by atoms with Gasteiger partial charge in [-0.3, -0.25) is 4.68 Å². The zero-order valence-corrected chi connectivity index (χ0v) is 11.5. The summed E-state index contributed by atoms with van der Waals surface area (Å²) < 4.78 is 40.0. The van der Waals surface area contributed by atoms with Crippen molar-refractivity contribution in [1.82, 2.24) is 19.7 Å². The normalized spacial score (nSPS) is 13.0. The average molecular weight is 300 g/mol. The van der Waals surface area contributed by atoms with E-state index in [-0.39, 0.29) is 17.8 Å². The molecule has 0 saturated carbocycles. The largest absolute Gasteiger partial charge is 0.433 e. The van der Waals surface area contributed by atoms with Crippen molar-refractivity contribution < 1.29 is 13.2 Å². The number of hydrogen-bond donors (Lipinski definition) is 2. The van der Waals surface area contributed by atoms with Crippen LogP contribution in [0, 0.1) is 0 Å². The van der Waals surface area contributed by atoms with E-state index in [0.717, 1.165) is 6.07 Å². The fraction of sp³-hybridized carbons (Fsp3) is 0.417. The number of hydrogen-bond acceptors (Lipinski definition) is 5. The van der Waals surface area contributed by atoms with Gasteiger partial charge in [0.2, 0.25) is 5.95 Å². The quantitative estimate of drug-likeness (QED) is 0.886. The Morgan fingerprint density at radius 1 is 1.33 bits per heavy atom. The van der Waals surface area contributed by atoms with E-state index in [1.807, 2.05) is 6.92 Å². The van der Waals surface area contributed by atoms with Crippen molar-refractivity contribution in [3.05, 3.63) is 30.2 Å². The molecule has 0 amide bonds. The van der Waals surface area contributed by atoms with Crippen molar-refractivity contribution in [2.75, 3.05) is 17.7 Å². The summed E-state index contributed by atoms with van der Waals surface area (Å²) in [7, 11) is 1.46. The number of aromatic nitrogens is 4. The van der Waals surface area contributed by atoms with Gasteiger partial charge < -0.3 is 10.6 Å². The second kappa shape index (κ2) is 5.98. The van der Waals surface area contributed by atoms with Crippen molar-refractivity contribution in [2.45, 2.75) is 25.7 Å². The lowest BCUT2D eigenvalue weighted by Gasteiger charge is -2.16. The van der Waals surface area contributed by atoms with E-state index in [4.69, 9.17) is 0 Å². The molecule has 0 spiro atoms. The van der Waals surface area contributed by atoms with Gasteiger partial charge in [-0.2, -0.15) is 23.3 Å². The highest BCUT2D eigenvalue weighted by Gasteiger charge is 2.33. The number of nitrogens with one attached hydrogen (secondary N) is 2. The fourth-order valence-corrected chi connectivity index (χ4v) is 1.77. The second-order valence-corrected chi connectivity index (χ2v) is 4.48. The SMILES string of the molecule is CNc1nc(NC(C)Cn2cccn2)cc(C(F)(F)F)n1. The minimum absolute atomic E-state index is 0.0846. The van der Waals surface area contributed by atoms with E-state index in [9.17, 15) is 13.2 Å². The van der Waals surface area contributed by atoms with E-state index in [1.54, 1.807) is 23.1 Å². The Bertz CT molecular complexity index is 581.